The van der Waals surface area contributed by atoms with Crippen molar-refractivity contribution in [1.82, 2.24) is 12.3 Å². The molecular weight excluding hydrogens is 487 g/mol. The number of carboxylic acids is 6. The van der Waals surface area contributed by atoms with Crippen molar-refractivity contribution in [3.05, 3.63) is 0 Å². The maximum Gasteiger partial charge on any atom is 4.00 e. The molecule has 29 heavy (non-hydrogen) atoms. The topological polar surface area (TPSA) is 354 Å². The fourth-order valence-corrected chi connectivity index (χ4v) is 1.37. The molecule has 0 aromatic heterocycles. The molecule has 16 nitrogen and oxygen atoms in total. The summed E-state index contributed by atoms with van der Waals surface area (Å²) in [4.78, 5) is 60.0. The summed E-state index contributed by atoms with van der Waals surface area (Å²) in [5.41, 5.74) is -5.95. The fourth-order valence-electron chi connectivity index (χ4n) is 1.37. The molecule has 0 bridgehead atoms. The standard InChI is InChI=1S/2C6H8O7.2H3N.Zr/c2*7-3(8)1-6(13,5(11)12)2-4(9)10;;;/h2*13H,1-2H2,(H,7,8)(H,9,10)(H,11,12);2*1H3;/q;;;;+4/p-4. The van der Waals surface area contributed by atoms with Crippen LogP contribution in [-0.2, 0) is 55.0 Å². The first kappa shape index (κ1) is 37.3. The van der Waals surface area contributed by atoms with E-state index in [4.69, 9.17) is 10.2 Å². The van der Waals surface area contributed by atoms with Crippen molar-refractivity contribution >= 4 is 35.8 Å². The first-order chi connectivity index (χ1) is 11.6. The second-order valence-corrected chi connectivity index (χ2v) is 4.83. The molecular formula is C12H18N2O14Zr. The zero-order chi connectivity index (χ0) is 21.3. The molecule has 164 valence electrons. The van der Waals surface area contributed by atoms with Gasteiger partial charge in [-0.3, -0.25) is 0 Å². The molecule has 17 heteroatoms. The minimum atomic E-state index is -2.97. The largest absolute Gasteiger partial charge is 4.00 e. The number of carboxylic acid groups (broad SMARTS) is 6. The third-order valence-electron chi connectivity index (χ3n) is 2.51. The van der Waals surface area contributed by atoms with Crippen molar-refractivity contribution in [1.29, 1.82) is 0 Å². The molecule has 0 aromatic carbocycles. The molecule has 0 rings (SSSR count). The molecule has 0 radical (unpaired) electrons. The van der Waals surface area contributed by atoms with E-state index in [-0.39, 0.29) is 38.5 Å². The Morgan fingerprint density at radius 1 is 0.517 bits per heavy atom. The molecule has 0 fully saturated rings. The number of hydrogen-bond donors (Lipinski definition) is 4. The predicted octanol–water partition coefficient (Wildman–Crippen LogP) is -9.76. The van der Waals surface area contributed by atoms with E-state index in [2.05, 4.69) is 0 Å². The smallest absolute Gasteiger partial charge is 0.550 e. The molecule has 0 aromatic rings. The number of rotatable bonds is 10. The third kappa shape index (κ3) is 16.2. The summed E-state index contributed by atoms with van der Waals surface area (Å²) < 4.78 is 0. The number of aliphatic carboxylic acids is 6. The van der Waals surface area contributed by atoms with E-state index in [0.29, 0.717) is 0 Å². The minimum absolute atomic E-state index is 0. The fraction of sp³-hybridized carbons (Fsp3) is 0.500. The average molecular weight is 506 g/mol. The van der Waals surface area contributed by atoms with Crippen LogP contribution in [0.2, 0.25) is 0 Å². The maximum absolute atomic E-state index is 10.1. The maximum atomic E-state index is 10.1. The Balaban J connectivity index is -0.000000120. The Morgan fingerprint density at radius 2 is 0.655 bits per heavy atom. The summed E-state index contributed by atoms with van der Waals surface area (Å²) in [6.07, 6.45) is -5.43. The molecule has 10 N–H and O–H groups in total. The van der Waals surface area contributed by atoms with Crippen molar-refractivity contribution in [3.63, 3.8) is 0 Å². The molecule has 0 amide bonds. The van der Waals surface area contributed by atoms with Crippen LogP contribution in [0.4, 0.5) is 0 Å². The second kappa shape index (κ2) is 15.5. The third-order valence-corrected chi connectivity index (χ3v) is 2.51. The molecule has 0 aliphatic heterocycles. The van der Waals surface area contributed by atoms with Crippen LogP contribution in [0.25, 0.3) is 0 Å². The van der Waals surface area contributed by atoms with Gasteiger partial charge in [-0.25, -0.2) is 0 Å². The Kier molecular flexibility index (Phi) is 19.9. The average Bonchev–Trinajstić information content (AvgIpc) is 2.34. The summed E-state index contributed by atoms with van der Waals surface area (Å²) in [5, 5.41) is 77.9. The summed E-state index contributed by atoms with van der Waals surface area (Å²) in [7, 11) is 0. The summed E-state index contributed by atoms with van der Waals surface area (Å²) >= 11 is 0. The van der Waals surface area contributed by atoms with Gasteiger partial charge >= 0.3 is 26.2 Å². The van der Waals surface area contributed by atoms with E-state index in [1.165, 1.54) is 0 Å². The van der Waals surface area contributed by atoms with Crippen molar-refractivity contribution < 1.29 is 95.8 Å². The molecule has 0 spiro atoms. The van der Waals surface area contributed by atoms with E-state index in [0.717, 1.165) is 0 Å². The van der Waals surface area contributed by atoms with Gasteiger partial charge in [-0.05, 0) is 0 Å². The number of carbonyl (C=O) groups is 6. The molecule has 0 unspecified atom stereocenters. The van der Waals surface area contributed by atoms with Crippen LogP contribution >= 0.6 is 0 Å². The van der Waals surface area contributed by atoms with Gasteiger partial charge in [0.05, 0.1) is 11.9 Å². The van der Waals surface area contributed by atoms with Gasteiger partial charge in [0.25, 0.3) is 0 Å². The molecule has 0 saturated heterocycles. The molecule has 0 aliphatic carbocycles. The van der Waals surface area contributed by atoms with Crippen molar-refractivity contribution in [3.8, 4) is 0 Å². The first-order valence-electron chi connectivity index (χ1n) is 6.23. The van der Waals surface area contributed by atoms with E-state index in [1.54, 1.807) is 0 Å². The van der Waals surface area contributed by atoms with E-state index in [1.807, 2.05) is 0 Å². The summed E-state index contributed by atoms with van der Waals surface area (Å²) in [6, 6.07) is 0. The minimum Gasteiger partial charge on any atom is -0.550 e. The first-order valence-corrected chi connectivity index (χ1v) is 6.23. The van der Waals surface area contributed by atoms with E-state index < -0.39 is 72.7 Å². The van der Waals surface area contributed by atoms with Gasteiger partial charge in [-0.15, -0.1) is 0 Å². The predicted molar refractivity (Wildman–Crippen MR) is 70.4 cm³/mol. The van der Waals surface area contributed by atoms with Crippen molar-refractivity contribution in [2.45, 2.75) is 36.9 Å². The number of aliphatic hydroxyl groups is 2. The number of hydrogen-bond acceptors (Lipinski definition) is 14. The molecule has 0 heterocycles. The second-order valence-electron chi connectivity index (χ2n) is 4.83. The molecule has 0 atom stereocenters. The van der Waals surface area contributed by atoms with Crippen LogP contribution in [0.15, 0.2) is 0 Å². The van der Waals surface area contributed by atoms with E-state index >= 15 is 0 Å². The number of quaternary nitrogens is 2. The normalized spacial score (nSPS) is 9.72. The SMILES string of the molecule is O=C([O-])CC(O)(CC(=O)[O-])C(=O)[O-].O=C([O-])CC(O)(CC(=O)[O-])C(=O)[O-].[NH4+].[NH4+].[Zr+4]. The van der Waals surface area contributed by atoms with Gasteiger partial charge in [0.2, 0.25) is 0 Å². The van der Waals surface area contributed by atoms with Crippen LogP contribution in [-0.4, -0.2) is 57.2 Å². The summed E-state index contributed by atoms with van der Waals surface area (Å²) in [5.74, 6) is -12.0. The Morgan fingerprint density at radius 3 is 0.724 bits per heavy atom. The van der Waals surface area contributed by atoms with Crippen LogP contribution in [0.1, 0.15) is 25.7 Å². The van der Waals surface area contributed by atoms with Gasteiger partial charge in [-0.1, -0.05) is 0 Å². The van der Waals surface area contributed by atoms with Crippen molar-refractivity contribution in [2.75, 3.05) is 0 Å². The molecule has 0 aliphatic rings. The van der Waals surface area contributed by atoms with Gasteiger partial charge in [-0.2, -0.15) is 0 Å². The zero-order valence-corrected chi connectivity index (χ0v) is 17.6. The molecule has 0 saturated carbocycles. The Hall–Kier alpha value is -2.46. The van der Waals surface area contributed by atoms with Gasteiger partial charge in [0, 0.05) is 49.6 Å². The quantitative estimate of drug-likeness (QED) is 0.214. The zero-order valence-electron chi connectivity index (χ0n) is 15.1. The number of carbonyl (C=O) groups excluding carboxylic acids is 6. The monoisotopic (exact) mass is 504 g/mol. The Labute approximate surface area is 181 Å². The summed E-state index contributed by atoms with van der Waals surface area (Å²) in [6.45, 7) is 0. The van der Waals surface area contributed by atoms with Crippen LogP contribution in [0.3, 0.4) is 0 Å². The van der Waals surface area contributed by atoms with Crippen molar-refractivity contribution in [2.24, 2.45) is 0 Å². The van der Waals surface area contributed by atoms with E-state index in [9.17, 15) is 59.4 Å². The van der Waals surface area contributed by atoms with Gasteiger partial charge in [0.15, 0.2) is 0 Å². The van der Waals surface area contributed by atoms with Crippen LogP contribution in [0.5, 0.6) is 0 Å². The van der Waals surface area contributed by atoms with Gasteiger partial charge < -0.3 is 81.9 Å². The van der Waals surface area contributed by atoms with Gasteiger partial charge in [0.1, 0.15) is 11.2 Å². The van der Waals surface area contributed by atoms with Crippen LogP contribution < -0.4 is 42.9 Å². The van der Waals surface area contributed by atoms with Crippen LogP contribution in [0, 0.1) is 0 Å². The Bertz CT molecular complexity index is 523.